The molecular formula is C27H34N4O2. The second kappa shape index (κ2) is 11.8. The molecule has 4 rings (SSSR count). The summed E-state index contributed by atoms with van der Waals surface area (Å²) < 4.78 is 5.82. The van der Waals surface area contributed by atoms with Crippen LogP contribution in [0.5, 0.6) is 0 Å². The fraction of sp³-hybridized carbons (Fsp3) is 0.407. The summed E-state index contributed by atoms with van der Waals surface area (Å²) in [4.78, 5) is 21.5. The van der Waals surface area contributed by atoms with Crippen LogP contribution in [0.4, 0.5) is 0 Å². The monoisotopic (exact) mass is 446 g/mol. The molecule has 0 saturated carbocycles. The van der Waals surface area contributed by atoms with E-state index in [2.05, 4.69) is 57.5 Å². The van der Waals surface area contributed by atoms with Crippen LogP contribution >= 0.6 is 0 Å². The van der Waals surface area contributed by atoms with Gasteiger partial charge in [0.05, 0.1) is 6.20 Å². The van der Waals surface area contributed by atoms with Crippen molar-refractivity contribution >= 4 is 5.91 Å². The van der Waals surface area contributed by atoms with E-state index in [9.17, 15) is 4.79 Å². The largest absolute Gasteiger partial charge is 0.441 e. The minimum absolute atomic E-state index is 0.0998. The Bertz CT molecular complexity index is 990. The van der Waals surface area contributed by atoms with Crippen LogP contribution < -0.4 is 5.32 Å². The zero-order chi connectivity index (χ0) is 22.9. The molecule has 3 aromatic rings. The van der Waals surface area contributed by atoms with Crippen molar-refractivity contribution in [3.63, 3.8) is 0 Å². The average Bonchev–Trinajstić information content (AvgIpc) is 3.33. The Morgan fingerprint density at radius 2 is 1.82 bits per heavy atom. The van der Waals surface area contributed by atoms with Crippen LogP contribution in [-0.2, 0) is 11.2 Å². The molecule has 1 atom stereocenters. The average molecular weight is 447 g/mol. The van der Waals surface area contributed by atoms with E-state index in [1.807, 2.05) is 30.3 Å². The third-order valence-corrected chi connectivity index (χ3v) is 6.23. The molecule has 2 aromatic carbocycles. The quantitative estimate of drug-likeness (QED) is 0.474. The molecule has 33 heavy (non-hydrogen) atoms. The number of aromatic nitrogens is 1. The van der Waals surface area contributed by atoms with Crippen molar-refractivity contribution in [3.05, 3.63) is 78.3 Å². The molecule has 1 aromatic heterocycles. The Hall–Kier alpha value is -2.96. The highest BCUT2D eigenvalue weighted by atomic mass is 16.4. The van der Waals surface area contributed by atoms with Gasteiger partial charge in [-0.25, -0.2) is 4.98 Å². The Morgan fingerprint density at radius 3 is 2.61 bits per heavy atom. The van der Waals surface area contributed by atoms with Crippen molar-refractivity contribution in [1.29, 1.82) is 0 Å². The van der Waals surface area contributed by atoms with Gasteiger partial charge in [0.25, 0.3) is 0 Å². The molecule has 6 heteroatoms. The van der Waals surface area contributed by atoms with Gasteiger partial charge in [0.2, 0.25) is 5.91 Å². The van der Waals surface area contributed by atoms with Crippen LogP contribution in [0.2, 0.25) is 0 Å². The SMILES string of the molecule is CN1CCN(CCCNC(=O)CCCc2ncc(-c3ccccc3)o2)C(c2ccccc2)C1. The maximum Gasteiger partial charge on any atom is 0.220 e. The van der Waals surface area contributed by atoms with Crippen LogP contribution in [0, 0.1) is 0 Å². The summed E-state index contributed by atoms with van der Waals surface area (Å²) in [5.74, 6) is 1.55. The fourth-order valence-corrected chi connectivity index (χ4v) is 4.38. The van der Waals surface area contributed by atoms with Crippen LogP contribution in [0.3, 0.4) is 0 Å². The second-order valence-corrected chi connectivity index (χ2v) is 8.77. The molecule has 0 radical (unpaired) electrons. The molecule has 1 amide bonds. The summed E-state index contributed by atoms with van der Waals surface area (Å²) in [7, 11) is 2.19. The molecule has 2 heterocycles. The van der Waals surface area contributed by atoms with Gasteiger partial charge in [-0.05, 0) is 25.5 Å². The third-order valence-electron chi connectivity index (χ3n) is 6.23. The number of aryl methyl sites for hydroxylation is 1. The first-order chi connectivity index (χ1) is 16.2. The van der Waals surface area contributed by atoms with E-state index in [4.69, 9.17) is 4.42 Å². The van der Waals surface area contributed by atoms with Crippen LogP contribution in [0.15, 0.2) is 71.3 Å². The summed E-state index contributed by atoms with van der Waals surface area (Å²) in [6.45, 7) is 4.90. The summed E-state index contributed by atoms with van der Waals surface area (Å²) in [6.07, 6.45) is 4.60. The van der Waals surface area contributed by atoms with E-state index in [-0.39, 0.29) is 5.91 Å². The molecule has 6 nitrogen and oxygen atoms in total. The van der Waals surface area contributed by atoms with E-state index in [0.29, 0.717) is 31.3 Å². The van der Waals surface area contributed by atoms with Crippen molar-refractivity contribution in [2.75, 3.05) is 39.8 Å². The first kappa shape index (κ1) is 23.2. The van der Waals surface area contributed by atoms with Crippen molar-refractivity contribution in [3.8, 4) is 11.3 Å². The number of amides is 1. The molecule has 0 aliphatic carbocycles. The van der Waals surface area contributed by atoms with E-state index < -0.39 is 0 Å². The van der Waals surface area contributed by atoms with E-state index in [1.54, 1.807) is 6.20 Å². The molecule has 1 fully saturated rings. The first-order valence-corrected chi connectivity index (χ1v) is 11.9. The van der Waals surface area contributed by atoms with Crippen molar-refractivity contribution < 1.29 is 9.21 Å². The summed E-state index contributed by atoms with van der Waals surface area (Å²) >= 11 is 0. The third kappa shape index (κ3) is 6.76. The van der Waals surface area contributed by atoms with Gasteiger partial charge in [0.1, 0.15) is 0 Å². The zero-order valence-corrected chi connectivity index (χ0v) is 19.5. The Morgan fingerprint density at radius 1 is 1.06 bits per heavy atom. The molecule has 0 bridgehead atoms. The molecule has 1 saturated heterocycles. The lowest BCUT2D eigenvalue weighted by molar-refractivity contribution is -0.121. The van der Waals surface area contributed by atoms with Gasteiger partial charge in [-0.2, -0.15) is 0 Å². The van der Waals surface area contributed by atoms with Crippen molar-refractivity contribution in [2.45, 2.75) is 31.7 Å². The summed E-state index contributed by atoms with van der Waals surface area (Å²) in [6, 6.07) is 21.1. The highest BCUT2D eigenvalue weighted by molar-refractivity contribution is 5.75. The normalized spacial score (nSPS) is 17.2. The maximum atomic E-state index is 12.3. The number of oxazole rings is 1. The predicted octanol–water partition coefficient (Wildman–Crippen LogP) is 4.16. The number of benzene rings is 2. The smallest absolute Gasteiger partial charge is 0.220 e. The number of nitrogens with one attached hydrogen (secondary N) is 1. The van der Waals surface area contributed by atoms with E-state index >= 15 is 0 Å². The lowest BCUT2D eigenvalue weighted by Gasteiger charge is -2.40. The highest BCUT2D eigenvalue weighted by Crippen LogP contribution is 2.24. The van der Waals surface area contributed by atoms with Gasteiger partial charge in [0.15, 0.2) is 11.7 Å². The van der Waals surface area contributed by atoms with Crippen LogP contribution in [0.1, 0.15) is 36.8 Å². The van der Waals surface area contributed by atoms with Crippen LogP contribution in [-0.4, -0.2) is 60.5 Å². The lowest BCUT2D eigenvalue weighted by atomic mass is 10.0. The minimum atomic E-state index is 0.0998. The fourth-order valence-electron chi connectivity index (χ4n) is 4.38. The molecular weight excluding hydrogens is 412 g/mol. The highest BCUT2D eigenvalue weighted by Gasteiger charge is 2.25. The van der Waals surface area contributed by atoms with Gasteiger partial charge in [-0.15, -0.1) is 0 Å². The maximum absolute atomic E-state index is 12.3. The first-order valence-electron chi connectivity index (χ1n) is 11.9. The number of nitrogens with zero attached hydrogens (tertiary/aromatic N) is 3. The number of carbonyl (C=O) groups excluding carboxylic acids is 1. The number of hydrogen-bond acceptors (Lipinski definition) is 5. The Kier molecular flexibility index (Phi) is 8.28. The Labute approximate surface area is 196 Å². The van der Waals surface area contributed by atoms with E-state index in [0.717, 1.165) is 50.3 Å². The number of likely N-dealkylation sites (N-methyl/N-ethyl adjacent to an activating group) is 1. The molecule has 1 aliphatic heterocycles. The topological polar surface area (TPSA) is 61.6 Å². The van der Waals surface area contributed by atoms with Gasteiger partial charge in [0, 0.05) is 57.2 Å². The number of piperazine rings is 1. The van der Waals surface area contributed by atoms with Crippen LogP contribution in [0.25, 0.3) is 11.3 Å². The number of rotatable bonds is 10. The zero-order valence-electron chi connectivity index (χ0n) is 19.5. The van der Waals surface area contributed by atoms with E-state index in [1.165, 1.54) is 5.56 Å². The van der Waals surface area contributed by atoms with Crippen molar-refractivity contribution in [2.24, 2.45) is 0 Å². The molecule has 1 unspecified atom stereocenters. The van der Waals surface area contributed by atoms with Gasteiger partial charge in [-0.3, -0.25) is 9.69 Å². The van der Waals surface area contributed by atoms with Crippen molar-refractivity contribution in [1.82, 2.24) is 20.1 Å². The molecule has 1 N–H and O–H groups in total. The summed E-state index contributed by atoms with van der Waals surface area (Å²) in [5.41, 5.74) is 2.39. The molecule has 0 spiro atoms. The van der Waals surface area contributed by atoms with Gasteiger partial charge < -0.3 is 14.6 Å². The lowest BCUT2D eigenvalue weighted by Crippen LogP contribution is -2.47. The second-order valence-electron chi connectivity index (χ2n) is 8.77. The standard InChI is InChI=1S/C27H34N4O2/c1-30-18-19-31(24(21-30)22-10-4-2-5-11-22)17-9-16-28-26(32)14-8-15-27-29-20-25(33-27)23-12-6-3-7-13-23/h2-7,10-13,20,24H,8-9,14-19,21H2,1H3,(H,28,32). The number of carbonyl (C=O) groups is 1. The van der Waals surface area contributed by atoms with Gasteiger partial charge in [-0.1, -0.05) is 60.7 Å². The Balaban J connectivity index is 1.15. The van der Waals surface area contributed by atoms with Gasteiger partial charge >= 0.3 is 0 Å². The molecule has 174 valence electrons. The predicted molar refractivity (Wildman–Crippen MR) is 131 cm³/mol. The minimum Gasteiger partial charge on any atom is -0.441 e. The number of hydrogen-bond donors (Lipinski definition) is 1. The summed E-state index contributed by atoms with van der Waals surface area (Å²) in [5, 5.41) is 3.08. The molecule has 1 aliphatic rings.